The van der Waals surface area contributed by atoms with Gasteiger partial charge in [-0.2, -0.15) is 0 Å². The Morgan fingerprint density at radius 3 is 2.23 bits per heavy atom. The standard InChI is InChI=1S/C35H49N3O4S/c1-23(2)20-35(32(41)42-34(6,7)8)21-27(29(39)37-22-24-12-10-9-11-13-24)28(30-36-18-19-43-30)38(35)31(40)25-14-16-26(17-15-25)33(3,4)5/h14-19,21,23-24,28H,9-13,20,22H2,1-8H3,(H,37,39)/t28-,35+/m1/s1. The molecule has 4 rings (SSSR count). The molecule has 7 nitrogen and oxygen atoms in total. The number of nitrogens with one attached hydrogen (secondary N) is 1. The minimum absolute atomic E-state index is 0.0175. The quantitative estimate of drug-likeness (QED) is 0.316. The van der Waals surface area contributed by atoms with E-state index in [9.17, 15) is 14.4 Å². The van der Waals surface area contributed by atoms with Gasteiger partial charge in [0.25, 0.3) is 5.91 Å². The Morgan fingerprint density at radius 1 is 1.05 bits per heavy atom. The van der Waals surface area contributed by atoms with Gasteiger partial charge in [0, 0.05) is 29.3 Å². The Balaban J connectivity index is 1.84. The lowest BCUT2D eigenvalue weighted by Crippen LogP contribution is -2.56. The molecule has 1 aromatic carbocycles. The lowest BCUT2D eigenvalue weighted by Gasteiger charge is -2.41. The molecule has 2 amide bonds. The lowest BCUT2D eigenvalue weighted by atomic mass is 9.85. The topological polar surface area (TPSA) is 88.6 Å². The van der Waals surface area contributed by atoms with E-state index >= 15 is 0 Å². The third kappa shape index (κ3) is 7.57. The summed E-state index contributed by atoms with van der Waals surface area (Å²) in [5, 5.41) is 5.59. The van der Waals surface area contributed by atoms with Gasteiger partial charge in [0.15, 0.2) is 5.54 Å². The van der Waals surface area contributed by atoms with Gasteiger partial charge in [-0.3, -0.25) is 9.59 Å². The normalized spacial score (nSPS) is 21.6. The lowest BCUT2D eigenvalue weighted by molar-refractivity contribution is -0.166. The van der Waals surface area contributed by atoms with Gasteiger partial charge in [-0.05, 0) is 81.1 Å². The third-order valence-corrected chi connectivity index (χ3v) is 9.12. The zero-order valence-electron chi connectivity index (χ0n) is 27.2. The summed E-state index contributed by atoms with van der Waals surface area (Å²) in [6.07, 6.45) is 9.48. The molecule has 0 unspecified atom stereocenters. The van der Waals surface area contributed by atoms with Crippen molar-refractivity contribution in [1.29, 1.82) is 0 Å². The van der Waals surface area contributed by atoms with Crippen LogP contribution in [0.4, 0.5) is 0 Å². The fraction of sp³-hybridized carbons (Fsp3) is 0.600. The molecular weight excluding hydrogens is 558 g/mol. The van der Waals surface area contributed by atoms with E-state index < -0.39 is 23.2 Å². The average molecular weight is 608 g/mol. The second kappa shape index (κ2) is 12.9. The molecule has 0 bridgehead atoms. The van der Waals surface area contributed by atoms with Gasteiger partial charge in [0.2, 0.25) is 5.91 Å². The molecule has 1 saturated carbocycles. The van der Waals surface area contributed by atoms with Crippen LogP contribution in [0.2, 0.25) is 0 Å². The fourth-order valence-corrected chi connectivity index (χ4v) is 6.99. The van der Waals surface area contributed by atoms with E-state index in [1.165, 1.54) is 30.6 Å². The predicted molar refractivity (Wildman–Crippen MR) is 172 cm³/mol. The summed E-state index contributed by atoms with van der Waals surface area (Å²) in [7, 11) is 0. The maximum absolute atomic E-state index is 14.7. The van der Waals surface area contributed by atoms with Gasteiger partial charge in [-0.25, -0.2) is 9.78 Å². The Morgan fingerprint density at radius 2 is 1.70 bits per heavy atom. The number of ether oxygens (including phenoxy) is 1. The molecule has 2 aromatic rings. The van der Waals surface area contributed by atoms with Crippen molar-refractivity contribution in [2.45, 2.75) is 117 Å². The van der Waals surface area contributed by atoms with Crippen LogP contribution in [0.3, 0.4) is 0 Å². The number of carbonyl (C=O) groups is 3. The maximum atomic E-state index is 14.7. The highest BCUT2D eigenvalue weighted by molar-refractivity contribution is 7.09. The summed E-state index contributed by atoms with van der Waals surface area (Å²) < 4.78 is 6.03. The summed E-state index contributed by atoms with van der Waals surface area (Å²) in [5.41, 5.74) is -0.443. The van der Waals surface area contributed by atoms with Crippen molar-refractivity contribution < 1.29 is 19.1 Å². The van der Waals surface area contributed by atoms with E-state index in [4.69, 9.17) is 4.74 Å². The van der Waals surface area contributed by atoms with Crippen molar-refractivity contribution in [3.8, 4) is 0 Å². The smallest absolute Gasteiger partial charge is 0.336 e. The molecule has 0 spiro atoms. The first-order chi connectivity index (χ1) is 20.1. The first-order valence-corrected chi connectivity index (χ1v) is 16.6. The molecule has 234 valence electrons. The molecule has 1 N–H and O–H groups in total. The fourth-order valence-electron chi connectivity index (χ4n) is 6.25. The van der Waals surface area contributed by atoms with Crippen molar-refractivity contribution >= 4 is 29.1 Å². The van der Waals surface area contributed by atoms with Crippen LogP contribution in [0.15, 0.2) is 47.5 Å². The van der Waals surface area contributed by atoms with E-state index in [1.807, 2.05) is 64.3 Å². The van der Waals surface area contributed by atoms with Gasteiger partial charge in [-0.15, -0.1) is 11.3 Å². The van der Waals surface area contributed by atoms with Gasteiger partial charge >= 0.3 is 5.97 Å². The van der Waals surface area contributed by atoms with Crippen LogP contribution in [-0.2, 0) is 19.7 Å². The number of aromatic nitrogens is 1. The summed E-state index contributed by atoms with van der Waals surface area (Å²) >= 11 is 1.38. The van der Waals surface area contributed by atoms with Gasteiger partial charge in [-0.1, -0.05) is 66.0 Å². The van der Waals surface area contributed by atoms with Crippen LogP contribution in [0.5, 0.6) is 0 Å². The Hall–Kier alpha value is -3.00. The number of carbonyl (C=O) groups excluding carboxylic acids is 3. The van der Waals surface area contributed by atoms with E-state index in [-0.39, 0.29) is 23.1 Å². The number of thiazole rings is 1. The van der Waals surface area contributed by atoms with Gasteiger partial charge in [0.05, 0.1) is 0 Å². The molecule has 8 heteroatoms. The Bertz CT molecular complexity index is 1310. The number of amides is 2. The summed E-state index contributed by atoms with van der Waals surface area (Å²) in [6, 6.07) is 6.73. The van der Waals surface area contributed by atoms with Crippen LogP contribution < -0.4 is 5.32 Å². The molecule has 0 radical (unpaired) electrons. The number of hydrogen-bond donors (Lipinski definition) is 1. The molecule has 2 atom stereocenters. The van der Waals surface area contributed by atoms with Crippen LogP contribution in [-0.4, -0.2) is 45.4 Å². The molecule has 43 heavy (non-hydrogen) atoms. The zero-order chi connectivity index (χ0) is 31.6. The highest BCUT2D eigenvalue weighted by Crippen LogP contribution is 2.48. The highest BCUT2D eigenvalue weighted by atomic mass is 32.1. The van der Waals surface area contributed by atoms with Crippen molar-refractivity contribution in [3.63, 3.8) is 0 Å². The summed E-state index contributed by atoms with van der Waals surface area (Å²) in [4.78, 5) is 49.2. The average Bonchev–Trinajstić information content (AvgIpc) is 3.57. The summed E-state index contributed by atoms with van der Waals surface area (Å²) in [5.74, 6) is -0.684. The molecule has 1 aromatic heterocycles. The second-order valence-electron chi connectivity index (χ2n) is 14.6. The van der Waals surface area contributed by atoms with Crippen molar-refractivity contribution in [3.05, 3.63) is 63.6 Å². The van der Waals surface area contributed by atoms with E-state index in [1.54, 1.807) is 17.2 Å². The minimum atomic E-state index is -1.49. The SMILES string of the molecule is CC(C)C[C@@]1(C(=O)OC(C)(C)C)C=C(C(=O)NCC2CCCCC2)[C@H](c2nccs2)N1C(=O)c1ccc(C(C)(C)C)cc1. The third-order valence-electron chi connectivity index (χ3n) is 8.29. The van der Waals surface area contributed by atoms with Gasteiger partial charge < -0.3 is 15.0 Å². The number of nitrogens with zero attached hydrogens (tertiary/aromatic N) is 2. The largest absolute Gasteiger partial charge is 0.458 e. The Labute approximate surface area is 261 Å². The van der Waals surface area contributed by atoms with Crippen molar-refractivity contribution in [2.24, 2.45) is 11.8 Å². The van der Waals surface area contributed by atoms with Crippen LogP contribution in [0, 0.1) is 11.8 Å². The van der Waals surface area contributed by atoms with E-state index in [0.29, 0.717) is 35.0 Å². The molecule has 2 heterocycles. The minimum Gasteiger partial charge on any atom is -0.458 e. The molecular formula is C35H49N3O4S. The molecule has 0 saturated heterocycles. The number of rotatable bonds is 8. The molecule has 2 aliphatic rings. The first-order valence-electron chi connectivity index (χ1n) is 15.7. The monoisotopic (exact) mass is 607 g/mol. The second-order valence-corrected chi connectivity index (χ2v) is 15.5. The number of benzene rings is 1. The van der Waals surface area contributed by atoms with Crippen LogP contribution in [0.25, 0.3) is 0 Å². The zero-order valence-corrected chi connectivity index (χ0v) is 28.0. The molecule has 1 aliphatic carbocycles. The van der Waals surface area contributed by atoms with Crippen LogP contribution in [0.1, 0.15) is 121 Å². The van der Waals surface area contributed by atoms with E-state index in [2.05, 4.69) is 31.1 Å². The van der Waals surface area contributed by atoms with Crippen molar-refractivity contribution in [1.82, 2.24) is 15.2 Å². The first kappa shape index (κ1) is 32.9. The number of esters is 1. The molecule has 1 aliphatic heterocycles. The Kier molecular flexibility index (Phi) is 9.89. The highest BCUT2D eigenvalue weighted by Gasteiger charge is 2.57. The van der Waals surface area contributed by atoms with E-state index in [0.717, 1.165) is 18.4 Å². The van der Waals surface area contributed by atoms with Gasteiger partial charge in [0.1, 0.15) is 16.7 Å². The summed E-state index contributed by atoms with van der Waals surface area (Å²) in [6.45, 7) is 16.4. The predicted octanol–water partition coefficient (Wildman–Crippen LogP) is 7.39. The van der Waals surface area contributed by atoms with Crippen molar-refractivity contribution in [2.75, 3.05) is 6.54 Å². The maximum Gasteiger partial charge on any atom is 0.336 e. The molecule has 1 fully saturated rings. The number of hydrogen-bond acceptors (Lipinski definition) is 6. The van der Waals surface area contributed by atoms with Crippen LogP contribution >= 0.6 is 11.3 Å².